The summed E-state index contributed by atoms with van der Waals surface area (Å²) in [6.07, 6.45) is 64.4. The predicted molar refractivity (Wildman–Crippen MR) is 333 cm³/mol. The number of unbranched alkanes of at least 4 members (excludes halogenated alkanes) is 26. The third-order valence-electron chi connectivity index (χ3n) is 14.7. The maximum Gasteiger partial charge on any atom is 0.306 e. The van der Waals surface area contributed by atoms with Gasteiger partial charge in [-0.2, -0.15) is 0 Å². The summed E-state index contributed by atoms with van der Waals surface area (Å²) in [4.78, 5) is 26.6. The molecule has 0 bridgehead atoms. The second-order valence-corrected chi connectivity index (χ2v) is 22.1. The van der Waals surface area contributed by atoms with Crippen LogP contribution in [-0.2, 0) is 23.8 Å². The number of rotatable bonds is 54. The molecule has 11 nitrogen and oxygen atoms in total. The van der Waals surface area contributed by atoms with E-state index in [2.05, 4.69) is 111 Å². The van der Waals surface area contributed by atoms with E-state index >= 15 is 0 Å². The van der Waals surface area contributed by atoms with E-state index < -0.39 is 67.4 Å². The normalized spacial score (nSPS) is 19.4. The minimum absolute atomic E-state index is 0.0999. The first-order valence-corrected chi connectivity index (χ1v) is 32.5. The van der Waals surface area contributed by atoms with Crippen molar-refractivity contribution in [1.82, 2.24) is 5.32 Å². The van der Waals surface area contributed by atoms with E-state index in [-0.39, 0.29) is 19.4 Å². The summed E-state index contributed by atoms with van der Waals surface area (Å²) in [6, 6.07) is -1.04. The third kappa shape index (κ3) is 43.3. The minimum Gasteiger partial charge on any atom is -0.454 e. The molecular weight excluding hydrogens is 1000 g/mol. The molecule has 1 amide bonds. The van der Waals surface area contributed by atoms with Gasteiger partial charge in [-0.1, -0.05) is 253 Å². The van der Waals surface area contributed by atoms with Crippen molar-refractivity contribution in [2.24, 2.45) is 0 Å². The van der Waals surface area contributed by atoms with Crippen LogP contribution in [0.5, 0.6) is 0 Å². The number of hydrogen-bond acceptors (Lipinski definition) is 10. The van der Waals surface area contributed by atoms with E-state index in [0.29, 0.717) is 12.8 Å². The predicted octanol–water partition coefficient (Wildman–Crippen LogP) is 15.9. The number of carbonyl (C=O) groups excluding carboxylic acids is 2. The first-order valence-electron chi connectivity index (χ1n) is 32.5. The zero-order valence-corrected chi connectivity index (χ0v) is 50.9. The molecule has 1 fully saturated rings. The maximum atomic E-state index is 13.4. The number of aliphatic hydroxyl groups excluding tert-OH is 5. The van der Waals surface area contributed by atoms with Crippen LogP contribution < -0.4 is 5.32 Å². The van der Waals surface area contributed by atoms with Gasteiger partial charge in [0, 0.05) is 6.42 Å². The Kier molecular flexibility index (Phi) is 52.3. The molecular formula is C69H119NO10. The molecule has 1 heterocycles. The number of aliphatic hydroxyl groups is 5. The Morgan fingerprint density at radius 3 is 1.36 bits per heavy atom. The van der Waals surface area contributed by atoms with Gasteiger partial charge in [0.25, 0.3) is 0 Å². The summed E-state index contributed by atoms with van der Waals surface area (Å²) in [5.41, 5.74) is 0. The highest BCUT2D eigenvalue weighted by atomic mass is 16.7. The Bertz CT molecular complexity index is 1670. The number of carbonyl (C=O) groups is 2. The lowest BCUT2D eigenvalue weighted by atomic mass is 9.99. The van der Waals surface area contributed by atoms with Crippen LogP contribution in [0.15, 0.2) is 97.2 Å². The number of hydrogen-bond donors (Lipinski definition) is 6. The molecule has 0 aliphatic carbocycles. The molecule has 6 N–H and O–H groups in total. The fourth-order valence-corrected chi connectivity index (χ4v) is 9.59. The summed E-state index contributed by atoms with van der Waals surface area (Å²) in [5, 5.41) is 57.0. The van der Waals surface area contributed by atoms with Crippen LogP contribution in [0.1, 0.15) is 265 Å². The lowest BCUT2D eigenvalue weighted by molar-refractivity contribution is -0.305. The van der Waals surface area contributed by atoms with Crippen LogP contribution in [0.3, 0.4) is 0 Å². The zero-order chi connectivity index (χ0) is 58.2. The summed E-state index contributed by atoms with van der Waals surface area (Å²) in [6.45, 7) is 5.65. The smallest absolute Gasteiger partial charge is 0.306 e. The van der Waals surface area contributed by atoms with Crippen molar-refractivity contribution in [3.05, 3.63) is 97.2 Å². The number of nitrogens with one attached hydrogen (secondary N) is 1. The SMILES string of the molecule is CC/C=C\C/C=C\C/C=C\C/C=C\C/C=C\C/C=C\CCCCCCCCC(=O)OC1C(OCC(NC(=O)C(O)CCCC/C=C\CCCCCCCCC)C(O)/C=C/CCCCCCCCCCCCC)OC(CO)C(O)C1O. The third-order valence-corrected chi connectivity index (χ3v) is 14.7. The Hall–Kier alpha value is -3.42. The van der Waals surface area contributed by atoms with Gasteiger partial charge in [-0.25, -0.2) is 0 Å². The fourth-order valence-electron chi connectivity index (χ4n) is 9.59. The van der Waals surface area contributed by atoms with Crippen LogP contribution in [0.2, 0.25) is 0 Å². The first kappa shape index (κ1) is 74.6. The van der Waals surface area contributed by atoms with Crippen LogP contribution in [0.4, 0.5) is 0 Å². The second kappa shape index (κ2) is 56.1. The van der Waals surface area contributed by atoms with Crippen molar-refractivity contribution in [3.63, 3.8) is 0 Å². The van der Waals surface area contributed by atoms with Crippen molar-refractivity contribution in [3.8, 4) is 0 Å². The van der Waals surface area contributed by atoms with Crippen molar-refractivity contribution < 1.29 is 49.3 Å². The highest BCUT2D eigenvalue weighted by Gasteiger charge is 2.47. The zero-order valence-electron chi connectivity index (χ0n) is 50.9. The van der Waals surface area contributed by atoms with Crippen LogP contribution in [0, 0.1) is 0 Å². The summed E-state index contributed by atoms with van der Waals surface area (Å²) >= 11 is 0. The largest absolute Gasteiger partial charge is 0.454 e. The van der Waals surface area contributed by atoms with Gasteiger partial charge in [0.2, 0.25) is 5.91 Å². The van der Waals surface area contributed by atoms with Crippen LogP contribution in [-0.4, -0.2) is 99.6 Å². The molecule has 80 heavy (non-hydrogen) atoms. The Morgan fingerprint density at radius 2 is 0.900 bits per heavy atom. The molecule has 11 heteroatoms. The molecule has 1 saturated heterocycles. The molecule has 0 saturated carbocycles. The van der Waals surface area contributed by atoms with Crippen LogP contribution in [0.25, 0.3) is 0 Å². The van der Waals surface area contributed by atoms with E-state index in [1.165, 1.54) is 103 Å². The minimum atomic E-state index is -1.63. The molecule has 460 valence electrons. The van der Waals surface area contributed by atoms with E-state index in [1.54, 1.807) is 6.08 Å². The molecule has 1 aliphatic heterocycles. The topological polar surface area (TPSA) is 175 Å². The van der Waals surface area contributed by atoms with Gasteiger partial charge in [0.15, 0.2) is 12.4 Å². The average Bonchev–Trinajstić information content (AvgIpc) is 3.45. The van der Waals surface area contributed by atoms with E-state index in [1.807, 2.05) is 6.08 Å². The molecule has 0 aromatic heterocycles. The van der Waals surface area contributed by atoms with E-state index in [4.69, 9.17) is 14.2 Å². The summed E-state index contributed by atoms with van der Waals surface area (Å²) < 4.78 is 17.6. The number of ether oxygens (including phenoxy) is 3. The van der Waals surface area contributed by atoms with Gasteiger partial charge in [0.1, 0.15) is 24.4 Å². The molecule has 1 aliphatic rings. The number of esters is 1. The molecule has 1 rings (SSSR count). The standard InChI is InChI=1S/C69H119NO10/c1-4-7-10-13-16-19-22-25-26-27-28-29-30-31-32-33-34-35-36-39-42-45-48-51-54-57-64(74)80-67-66(76)65(75)63(58-71)79-69(67)78-59-60(61(72)55-52-49-46-43-40-37-23-20-17-14-11-8-5-2)70-68(77)62(73)56-53-50-47-44-41-38-24-21-18-15-12-9-6-3/h7,10,16,19,25-26,28-29,31-32,34-35,41,44,52,55,60-63,65-67,69,71-73,75-76H,4-6,8-9,11-15,17-18,20-24,27,30,33,36-40,42-43,45-51,53-54,56-59H2,1-3H3,(H,70,77)/b10-7-,19-16-,26-25-,29-28-,32-31-,35-34-,44-41-,55-52+. The highest BCUT2D eigenvalue weighted by Crippen LogP contribution is 2.26. The number of amides is 1. The van der Waals surface area contributed by atoms with E-state index in [0.717, 1.165) is 116 Å². The fraction of sp³-hybridized carbons (Fsp3) is 0.739. The Morgan fingerprint density at radius 1 is 0.500 bits per heavy atom. The molecule has 8 atom stereocenters. The quantitative estimate of drug-likeness (QED) is 0.0195. The van der Waals surface area contributed by atoms with Gasteiger partial charge >= 0.3 is 5.97 Å². The van der Waals surface area contributed by atoms with Crippen molar-refractivity contribution in [2.75, 3.05) is 13.2 Å². The maximum absolute atomic E-state index is 13.4. The van der Waals surface area contributed by atoms with Crippen molar-refractivity contribution >= 4 is 11.9 Å². The number of allylic oxidation sites excluding steroid dienone is 15. The monoisotopic (exact) mass is 1120 g/mol. The lowest BCUT2D eigenvalue weighted by Crippen LogP contribution is -2.61. The molecule has 0 aromatic carbocycles. The lowest BCUT2D eigenvalue weighted by Gasteiger charge is -2.41. The summed E-state index contributed by atoms with van der Waals surface area (Å²) in [7, 11) is 0. The average molecular weight is 1120 g/mol. The van der Waals surface area contributed by atoms with Crippen LogP contribution >= 0.6 is 0 Å². The molecule has 8 unspecified atom stereocenters. The molecule has 0 aromatic rings. The van der Waals surface area contributed by atoms with Crippen molar-refractivity contribution in [1.29, 1.82) is 0 Å². The Balaban J connectivity index is 2.64. The Labute approximate surface area is 488 Å². The summed E-state index contributed by atoms with van der Waals surface area (Å²) in [5.74, 6) is -1.23. The van der Waals surface area contributed by atoms with Gasteiger partial charge in [-0.15, -0.1) is 0 Å². The van der Waals surface area contributed by atoms with Gasteiger partial charge in [-0.05, 0) is 103 Å². The molecule has 0 spiro atoms. The van der Waals surface area contributed by atoms with E-state index in [9.17, 15) is 35.1 Å². The highest BCUT2D eigenvalue weighted by molar-refractivity contribution is 5.80. The van der Waals surface area contributed by atoms with Gasteiger partial charge in [0.05, 0.1) is 25.4 Å². The van der Waals surface area contributed by atoms with Gasteiger partial charge in [-0.3, -0.25) is 9.59 Å². The van der Waals surface area contributed by atoms with Crippen molar-refractivity contribution in [2.45, 2.75) is 314 Å². The first-order chi connectivity index (χ1) is 39.2. The second-order valence-electron chi connectivity index (χ2n) is 22.1. The van der Waals surface area contributed by atoms with Gasteiger partial charge < -0.3 is 45.1 Å². The molecule has 0 radical (unpaired) electrons.